The van der Waals surface area contributed by atoms with E-state index in [0.29, 0.717) is 5.57 Å². The molecule has 0 aliphatic heterocycles. The third kappa shape index (κ3) is 2.88. The zero-order valence-electron chi connectivity index (χ0n) is 10.9. The average molecular weight is 257 g/mol. The van der Waals surface area contributed by atoms with Gasteiger partial charge in [-0.05, 0) is 13.8 Å². The van der Waals surface area contributed by atoms with Crippen LogP contribution in [0.15, 0.2) is 12.2 Å². The largest absolute Gasteiger partial charge is 0.479 e. The van der Waals surface area contributed by atoms with Gasteiger partial charge in [0.1, 0.15) is 0 Å². The van der Waals surface area contributed by atoms with E-state index in [1.165, 1.54) is 6.92 Å². The first-order chi connectivity index (χ1) is 8.23. The molecule has 0 bridgehead atoms. The number of hydrogen-bond acceptors (Lipinski definition) is 3. The first-order valence-electron chi connectivity index (χ1n) is 5.65. The summed E-state index contributed by atoms with van der Waals surface area (Å²) in [6.07, 6.45) is -0.260. The van der Waals surface area contributed by atoms with Crippen LogP contribution >= 0.6 is 0 Å². The van der Waals surface area contributed by atoms with E-state index in [4.69, 9.17) is 0 Å². The average Bonchev–Trinajstić information content (AvgIpc) is 2.26. The molecule has 0 saturated carbocycles. The van der Waals surface area contributed by atoms with Crippen LogP contribution in [0.5, 0.6) is 0 Å². The van der Waals surface area contributed by atoms with E-state index >= 15 is 0 Å². The molecule has 0 rings (SSSR count). The monoisotopic (exact) mass is 257 g/mol. The summed E-state index contributed by atoms with van der Waals surface area (Å²) in [6.45, 7) is 8.19. The maximum Gasteiger partial charge on any atom is 0.341 e. The van der Waals surface area contributed by atoms with Gasteiger partial charge in [-0.15, -0.1) is 6.58 Å². The standard InChI is InChI=1S/C12H19NO5/c1-5-9(14)13(6-2)12(10(15)16,11(17)18)7-8(3)4/h3,5-7H2,1-2,4H3,(H,15,16)(H,17,18). The van der Waals surface area contributed by atoms with Crippen molar-refractivity contribution >= 4 is 17.8 Å². The summed E-state index contributed by atoms with van der Waals surface area (Å²) < 4.78 is 0. The number of carboxylic acids is 2. The number of hydrogen-bond donors (Lipinski definition) is 2. The first kappa shape index (κ1) is 16.1. The third-order valence-electron chi connectivity index (χ3n) is 2.65. The molecule has 6 heteroatoms. The van der Waals surface area contributed by atoms with Gasteiger partial charge < -0.3 is 15.1 Å². The topological polar surface area (TPSA) is 94.9 Å². The second-order valence-corrected chi connectivity index (χ2v) is 4.10. The summed E-state index contributed by atoms with van der Waals surface area (Å²) in [5.74, 6) is -3.62. The van der Waals surface area contributed by atoms with Crippen molar-refractivity contribution in [2.75, 3.05) is 6.54 Å². The molecule has 0 unspecified atom stereocenters. The Hall–Kier alpha value is -1.85. The number of aliphatic carboxylic acids is 2. The van der Waals surface area contributed by atoms with Gasteiger partial charge in [-0.2, -0.15) is 0 Å². The molecule has 0 aromatic carbocycles. The van der Waals surface area contributed by atoms with Crippen LogP contribution in [0.1, 0.15) is 33.6 Å². The molecule has 0 aromatic heterocycles. The molecule has 0 aromatic rings. The summed E-state index contributed by atoms with van der Waals surface area (Å²) in [5.41, 5.74) is -1.88. The number of likely N-dealkylation sites (N-methyl/N-ethyl adjacent to an activating group) is 1. The van der Waals surface area contributed by atoms with Gasteiger partial charge in [0.15, 0.2) is 0 Å². The minimum absolute atomic E-state index is 0.0125. The van der Waals surface area contributed by atoms with Crippen molar-refractivity contribution in [2.45, 2.75) is 39.2 Å². The SMILES string of the molecule is C=C(C)CC(C(=O)O)(C(=O)O)N(CC)C(=O)CC. The predicted molar refractivity (Wildman–Crippen MR) is 65.1 cm³/mol. The molecular weight excluding hydrogens is 238 g/mol. The zero-order valence-corrected chi connectivity index (χ0v) is 10.9. The third-order valence-corrected chi connectivity index (χ3v) is 2.65. The molecule has 1 amide bonds. The number of amides is 1. The van der Waals surface area contributed by atoms with E-state index in [-0.39, 0.29) is 19.4 Å². The van der Waals surface area contributed by atoms with E-state index < -0.39 is 23.4 Å². The second kappa shape index (κ2) is 6.18. The molecule has 18 heavy (non-hydrogen) atoms. The lowest BCUT2D eigenvalue weighted by Crippen LogP contribution is -2.62. The highest BCUT2D eigenvalue weighted by molar-refractivity contribution is 6.06. The highest BCUT2D eigenvalue weighted by atomic mass is 16.4. The van der Waals surface area contributed by atoms with Crippen LogP contribution in [0.25, 0.3) is 0 Å². The Morgan fingerprint density at radius 3 is 1.83 bits per heavy atom. The van der Waals surface area contributed by atoms with Gasteiger partial charge in [-0.1, -0.05) is 12.5 Å². The molecule has 0 aliphatic carbocycles. The number of nitrogens with zero attached hydrogens (tertiary/aromatic N) is 1. The molecule has 2 N–H and O–H groups in total. The summed E-state index contributed by atoms with van der Waals surface area (Å²) in [4.78, 5) is 35.4. The van der Waals surface area contributed by atoms with E-state index in [1.807, 2.05) is 0 Å². The molecule has 0 spiro atoms. The zero-order chi connectivity index (χ0) is 14.5. The lowest BCUT2D eigenvalue weighted by atomic mass is 9.89. The van der Waals surface area contributed by atoms with Crippen molar-refractivity contribution in [1.82, 2.24) is 4.90 Å². The van der Waals surface area contributed by atoms with Crippen molar-refractivity contribution in [3.8, 4) is 0 Å². The van der Waals surface area contributed by atoms with E-state index in [2.05, 4.69) is 6.58 Å². The van der Waals surface area contributed by atoms with E-state index in [0.717, 1.165) is 4.90 Å². The summed E-state index contributed by atoms with van der Waals surface area (Å²) in [7, 11) is 0. The van der Waals surface area contributed by atoms with Crippen molar-refractivity contribution < 1.29 is 24.6 Å². The van der Waals surface area contributed by atoms with Crippen molar-refractivity contribution in [3.63, 3.8) is 0 Å². The van der Waals surface area contributed by atoms with Crippen molar-refractivity contribution in [2.24, 2.45) is 0 Å². The van der Waals surface area contributed by atoms with Crippen molar-refractivity contribution in [1.29, 1.82) is 0 Å². The van der Waals surface area contributed by atoms with Crippen LogP contribution < -0.4 is 0 Å². The lowest BCUT2D eigenvalue weighted by Gasteiger charge is -2.36. The van der Waals surface area contributed by atoms with Gasteiger partial charge >= 0.3 is 11.9 Å². The highest BCUT2D eigenvalue weighted by Gasteiger charge is 2.52. The maximum atomic E-state index is 11.7. The summed E-state index contributed by atoms with van der Waals surface area (Å²) in [6, 6.07) is 0. The van der Waals surface area contributed by atoms with Gasteiger partial charge in [0, 0.05) is 19.4 Å². The number of carboxylic acid groups (broad SMARTS) is 2. The Bertz CT molecular complexity index is 361. The summed E-state index contributed by atoms with van der Waals surface area (Å²) in [5, 5.41) is 18.5. The molecular formula is C12H19NO5. The molecule has 0 atom stereocenters. The van der Waals surface area contributed by atoms with Crippen molar-refractivity contribution in [3.05, 3.63) is 12.2 Å². The minimum atomic E-state index is -2.27. The molecule has 0 fully saturated rings. The molecule has 102 valence electrons. The molecule has 6 nitrogen and oxygen atoms in total. The van der Waals surface area contributed by atoms with Crippen LogP contribution in [-0.2, 0) is 14.4 Å². The van der Waals surface area contributed by atoms with Gasteiger partial charge in [0.2, 0.25) is 11.4 Å². The normalized spacial score (nSPS) is 10.8. The van der Waals surface area contributed by atoms with Gasteiger partial charge in [-0.3, -0.25) is 4.79 Å². The maximum absolute atomic E-state index is 11.7. The Morgan fingerprint density at radius 2 is 1.61 bits per heavy atom. The Balaban J connectivity index is 5.81. The molecule has 0 saturated heterocycles. The van der Waals surface area contributed by atoms with Gasteiger partial charge in [0.05, 0.1) is 0 Å². The van der Waals surface area contributed by atoms with Gasteiger partial charge in [0.25, 0.3) is 0 Å². The van der Waals surface area contributed by atoms with Crippen LogP contribution in [0.4, 0.5) is 0 Å². The molecule has 0 aliphatic rings. The Labute approximate surface area is 106 Å². The fourth-order valence-corrected chi connectivity index (χ4v) is 1.86. The summed E-state index contributed by atoms with van der Waals surface area (Å²) >= 11 is 0. The Morgan fingerprint density at radius 1 is 1.17 bits per heavy atom. The van der Waals surface area contributed by atoms with E-state index in [9.17, 15) is 24.6 Å². The second-order valence-electron chi connectivity index (χ2n) is 4.10. The first-order valence-corrected chi connectivity index (χ1v) is 5.65. The van der Waals surface area contributed by atoms with Crippen LogP contribution in [0.2, 0.25) is 0 Å². The number of rotatable bonds is 7. The molecule has 0 heterocycles. The minimum Gasteiger partial charge on any atom is -0.479 e. The van der Waals surface area contributed by atoms with Crippen LogP contribution in [0, 0.1) is 0 Å². The van der Waals surface area contributed by atoms with Crippen LogP contribution in [-0.4, -0.2) is 45.0 Å². The smallest absolute Gasteiger partial charge is 0.341 e. The number of carbonyl (C=O) groups excluding carboxylic acids is 1. The Kier molecular flexibility index (Phi) is 5.55. The fourth-order valence-electron chi connectivity index (χ4n) is 1.86. The number of carbonyl (C=O) groups is 3. The highest BCUT2D eigenvalue weighted by Crippen LogP contribution is 2.25. The van der Waals surface area contributed by atoms with Gasteiger partial charge in [-0.25, -0.2) is 9.59 Å². The quantitative estimate of drug-likeness (QED) is 0.526. The predicted octanol–water partition coefficient (Wildman–Crippen LogP) is 1.12. The van der Waals surface area contributed by atoms with E-state index in [1.54, 1.807) is 13.8 Å². The fraction of sp³-hybridized carbons (Fsp3) is 0.583. The van der Waals surface area contributed by atoms with Crippen LogP contribution in [0.3, 0.4) is 0 Å². The lowest BCUT2D eigenvalue weighted by molar-refractivity contribution is -0.173. The molecule has 0 radical (unpaired) electrons.